The molecule has 0 aromatic heterocycles. The van der Waals surface area contributed by atoms with Gasteiger partial charge < -0.3 is 5.32 Å². The topological polar surface area (TPSA) is 32.3 Å². The van der Waals surface area contributed by atoms with E-state index in [1.165, 1.54) is 6.42 Å². The third-order valence-corrected chi connectivity index (χ3v) is 2.29. The van der Waals surface area contributed by atoms with Crippen LogP contribution in [0.3, 0.4) is 0 Å². The maximum absolute atomic E-state index is 11.2. The van der Waals surface area contributed by atoms with Crippen LogP contribution in [0.4, 0.5) is 0 Å². The van der Waals surface area contributed by atoms with Crippen LogP contribution in [0.2, 0.25) is 0 Å². The number of carbonyl (C=O) groups is 1. The Bertz CT molecular complexity index is 177. The van der Waals surface area contributed by atoms with Crippen molar-refractivity contribution in [2.45, 2.75) is 26.2 Å². The van der Waals surface area contributed by atoms with E-state index in [2.05, 4.69) is 12.2 Å². The van der Waals surface area contributed by atoms with E-state index in [0.717, 1.165) is 19.4 Å². The molecule has 12 heavy (non-hydrogen) atoms. The SMILES string of the molecule is CCCCCN1C(=O)CNC1=S. The molecule has 1 saturated heterocycles. The van der Waals surface area contributed by atoms with Gasteiger partial charge in [0.25, 0.3) is 0 Å². The van der Waals surface area contributed by atoms with E-state index >= 15 is 0 Å². The van der Waals surface area contributed by atoms with E-state index in [4.69, 9.17) is 12.2 Å². The molecule has 0 aliphatic carbocycles. The highest BCUT2D eigenvalue weighted by atomic mass is 32.1. The van der Waals surface area contributed by atoms with Crippen molar-refractivity contribution < 1.29 is 4.79 Å². The lowest BCUT2D eigenvalue weighted by atomic mass is 10.2. The summed E-state index contributed by atoms with van der Waals surface area (Å²) in [6.07, 6.45) is 3.37. The van der Waals surface area contributed by atoms with Gasteiger partial charge in [-0.2, -0.15) is 0 Å². The molecule has 3 nitrogen and oxygen atoms in total. The van der Waals surface area contributed by atoms with Gasteiger partial charge in [-0.05, 0) is 18.6 Å². The summed E-state index contributed by atoms with van der Waals surface area (Å²) in [6, 6.07) is 0. The third kappa shape index (κ3) is 2.17. The summed E-state index contributed by atoms with van der Waals surface area (Å²) in [5.41, 5.74) is 0. The van der Waals surface area contributed by atoms with Crippen molar-refractivity contribution in [1.29, 1.82) is 0 Å². The zero-order chi connectivity index (χ0) is 8.97. The molecule has 1 amide bonds. The first kappa shape index (κ1) is 9.45. The van der Waals surface area contributed by atoms with Crippen LogP contribution in [0.1, 0.15) is 26.2 Å². The number of hydrogen-bond acceptors (Lipinski definition) is 2. The molecular formula is C8H14N2OS. The van der Waals surface area contributed by atoms with Crippen molar-refractivity contribution in [2.75, 3.05) is 13.1 Å². The van der Waals surface area contributed by atoms with Crippen LogP contribution in [-0.2, 0) is 4.79 Å². The minimum Gasteiger partial charge on any atom is -0.353 e. The summed E-state index contributed by atoms with van der Waals surface area (Å²) >= 11 is 4.96. The number of unbranched alkanes of at least 4 members (excludes halogenated alkanes) is 2. The van der Waals surface area contributed by atoms with Crippen LogP contribution in [0, 0.1) is 0 Å². The second-order valence-electron chi connectivity index (χ2n) is 2.91. The zero-order valence-corrected chi connectivity index (χ0v) is 8.12. The molecule has 0 aromatic carbocycles. The van der Waals surface area contributed by atoms with Crippen LogP contribution < -0.4 is 5.32 Å². The van der Waals surface area contributed by atoms with Crippen LogP contribution >= 0.6 is 12.2 Å². The molecule has 1 aliphatic rings. The molecule has 1 N–H and O–H groups in total. The van der Waals surface area contributed by atoms with Crippen molar-refractivity contribution in [3.05, 3.63) is 0 Å². The lowest BCUT2D eigenvalue weighted by Gasteiger charge is -2.13. The van der Waals surface area contributed by atoms with E-state index in [0.29, 0.717) is 11.7 Å². The second kappa shape index (κ2) is 4.40. The summed E-state index contributed by atoms with van der Waals surface area (Å²) in [7, 11) is 0. The summed E-state index contributed by atoms with van der Waals surface area (Å²) in [4.78, 5) is 12.8. The summed E-state index contributed by atoms with van der Waals surface area (Å²) < 4.78 is 0. The minimum absolute atomic E-state index is 0.108. The van der Waals surface area contributed by atoms with Crippen LogP contribution in [0.25, 0.3) is 0 Å². The molecule has 1 heterocycles. The molecule has 0 spiro atoms. The second-order valence-corrected chi connectivity index (χ2v) is 3.30. The normalized spacial score (nSPS) is 16.9. The maximum atomic E-state index is 11.2. The molecule has 1 rings (SSSR count). The van der Waals surface area contributed by atoms with Crippen LogP contribution in [0.15, 0.2) is 0 Å². The molecule has 0 saturated carbocycles. The molecule has 0 unspecified atom stereocenters. The van der Waals surface area contributed by atoms with E-state index in [-0.39, 0.29) is 5.91 Å². The summed E-state index contributed by atoms with van der Waals surface area (Å²) in [6.45, 7) is 3.30. The number of carbonyl (C=O) groups excluding carboxylic acids is 1. The van der Waals surface area contributed by atoms with Crippen molar-refractivity contribution in [3.8, 4) is 0 Å². The largest absolute Gasteiger partial charge is 0.353 e. The fourth-order valence-corrected chi connectivity index (χ4v) is 1.47. The van der Waals surface area contributed by atoms with Crippen LogP contribution in [0.5, 0.6) is 0 Å². The van der Waals surface area contributed by atoms with Crippen molar-refractivity contribution in [2.24, 2.45) is 0 Å². The summed E-state index contributed by atoms with van der Waals surface area (Å²) in [5.74, 6) is 0.108. The molecule has 0 radical (unpaired) electrons. The van der Waals surface area contributed by atoms with Gasteiger partial charge in [-0.1, -0.05) is 19.8 Å². The van der Waals surface area contributed by atoms with Gasteiger partial charge in [0.2, 0.25) is 5.91 Å². The molecule has 0 aromatic rings. The van der Waals surface area contributed by atoms with E-state index < -0.39 is 0 Å². The Morgan fingerprint density at radius 3 is 2.83 bits per heavy atom. The van der Waals surface area contributed by atoms with Gasteiger partial charge in [-0.25, -0.2) is 0 Å². The quantitative estimate of drug-likeness (QED) is 0.523. The van der Waals surface area contributed by atoms with Gasteiger partial charge >= 0.3 is 0 Å². The zero-order valence-electron chi connectivity index (χ0n) is 7.30. The van der Waals surface area contributed by atoms with Crippen molar-refractivity contribution in [3.63, 3.8) is 0 Å². The Morgan fingerprint density at radius 2 is 2.33 bits per heavy atom. The first-order chi connectivity index (χ1) is 5.75. The third-order valence-electron chi connectivity index (χ3n) is 1.92. The standard InChI is InChI=1S/C8H14N2OS/c1-2-3-4-5-10-7(11)6-9-8(10)12/h2-6H2,1H3,(H,9,12). The van der Waals surface area contributed by atoms with Crippen molar-refractivity contribution >= 4 is 23.2 Å². The van der Waals surface area contributed by atoms with E-state index in [1.807, 2.05) is 0 Å². The van der Waals surface area contributed by atoms with Crippen LogP contribution in [-0.4, -0.2) is 29.0 Å². The fraction of sp³-hybridized carbons (Fsp3) is 0.750. The highest BCUT2D eigenvalue weighted by Crippen LogP contribution is 2.03. The van der Waals surface area contributed by atoms with E-state index in [1.54, 1.807) is 4.90 Å². The number of rotatable bonds is 4. The Balaban J connectivity index is 2.30. The monoisotopic (exact) mass is 186 g/mol. The van der Waals surface area contributed by atoms with Gasteiger partial charge in [-0.3, -0.25) is 9.69 Å². The lowest BCUT2D eigenvalue weighted by Crippen LogP contribution is -2.31. The highest BCUT2D eigenvalue weighted by molar-refractivity contribution is 7.80. The smallest absolute Gasteiger partial charge is 0.248 e. The number of nitrogens with zero attached hydrogens (tertiary/aromatic N) is 1. The Kier molecular flexibility index (Phi) is 3.47. The fourth-order valence-electron chi connectivity index (χ4n) is 1.20. The summed E-state index contributed by atoms with van der Waals surface area (Å²) in [5, 5.41) is 3.45. The minimum atomic E-state index is 0.108. The highest BCUT2D eigenvalue weighted by Gasteiger charge is 2.23. The number of amides is 1. The van der Waals surface area contributed by atoms with Gasteiger partial charge in [0, 0.05) is 6.54 Å². The predicted octanol–water partition coefficient (Wildman–Crippen LogP) is 0.893. The number of nitrogens with one attached hydrogen (secondary N) is 1. The average Bonchev–Trinajstić information content (AvgIpc) is 2.35. The maximum Gasteiger partial charge on any atom is 0.248 e. The molecule has 4 heteroatoms. The van der Waals surface area contributed by atoms with Crippen molar-refractivity contribution in [1.82, 2.24) is 10.2 Å². The molecular weight excluding hydrogens is 172 g/mol. The molecule has 1 fully saturated rings. The Hall–Kier alpha value is -0.640. The first-order valence-electron chi connectivity index (χ1n) is 4.34. The van der Waals surface area contributed by atoms with Gasteiger partial charge in [0.05, 0.1) is 6.54 Å². The number of thiocarbonyl (C=S) groups is 1. The molecule has 68 valence electrons. The first-order valence-corrected chi connectivity index (χ1v) is 4.74. The molecule has 0 bridgehead atoms. The molecule has 0 atom stereocenters. The Labute approximate surface area is 78.1 Å². The lowest BCUT2D eigenvalue weighted by molar-refractivity contribution is -0.124. The number of hydrogen-bond donors (Lipinski definition) is 1. The van der Waals surface area contributed by atoms with Gasteiger partial charge in [0.15, 0.2) is 5.11 Å². The average molecular weight is 186 g/mol. The predicted molar refractivity (Wildman–Crippen MR) is 51.8 cm³/mol. The van der Waals surface area contributed by atoms with Gasteiger partial charge in [-0.15, -0.1) is 0 Å². The Morgan fingerprint density at radius 1 is 1.58 bits per heavy atom. The van der Waals surface area contributed by atoms with Gasteiger partial charge in [0.1, 0.15) is 0 Å². The molecule has 1 aliphatic heterocycles. The van der Waals surface area contributed by atoms with E-state index in [9.17, 15) is 4.79 Å².